The third kappa shape index (κ3) is 5.15. The van der Waals surface area contributed by atoms with Gasteiger partial charge in [-0.1, -0.05) is 28.1 Å². The number of nitrogens with zero attached hydrogens (tertiary/aromatic N) is 1. The minimum absolute atomic E-state index is 0.0709. The van der Waals surface area contributed by atoms with Crippen molar-refractivity contribution in [3.63, 3.8) is 0 Å². The molecule has 1 aliphatic heterocycles. The molecule has 1 aliphatic carbocycles. The van der Waals surface area contributed by atoms with Gasteiger partial charge in [0.15, 0.2) is 17.3 Å². The van der Waals surface area contributed by atoms with Crippen LogP contribution in [0.2, 0.25) is 0 Å². The zero-order chi connectivity index (χ0) is 22.0. The summed E-state index contributed by atoms with van der Waals surface area (Å²) >= 11 is 3.54. The van der Waals surface area contributed by atoms with E-state index in [-0.39, 0.29) is 30.3 Å². The van der Waals surface area contributed by atoms with E-state index < -0.39 is 6.04 Å². The predicted octanol–water partition coefficient (Wildman–Crippen LogP) is 4.98. The maximum Gasteiger partial charge on any atom is 0.231 e. The van der Waals surface area contributed by atoms with E-state index in [1.54, 1.807) is 30.2 Å². The van der Waals surface area contributed by atoms with Gasteiger partial charge in [0.25, 0.3) is 0 Å². The summed E-state index contributed by atoms with van der Waals surface area (Å²) in [4.78, 5) is 26.7. The fourth-order valence-electron chi connectivity index (χ4n) is 3.58. The van der Waals surface area contributed by atoms with Gasteiger partial charge in [0.1, 0.15) is 5.82 Å². The predicted molar refractivity (Wildman–Crippen MR) is 117 cm³/mol. The molecular weight excluding hydrogens is 465 g/mol. The second-order valence-electron chi connectivity index (χ2n) is 7.88. The van der Waals surface area contributed by atoms with Gasteiger partial charge in [-0.25, -0.2) is 4.39 Å². The van der Waals surface area contributed by atoms with Crippen molar-refractivity contribution in [3.05, 3.63) is 70.1 Å². The molecule has 2 aromatic rings. The maximum absolute atomic E-state index is 13.3. The van der Waals surface area contributed by atoms with Crippen LogP contribution in [0.5, 0.6) is 11.5 Å². The third-order valence-electron chi connectivity index (χ3n) is 5.54. The number of hydrogen-bond acceptors (Lipinski definition) is 4. The Bertz CT molecular complexity index is 1020. The molecule has 1 atom stereocenters. The number of carbonyl (C=O) groups excluding carboxylic acids is 2. The van der Waals surface area contributed by atoms with Crippen molar-refractivity contribution in [1.82, 2.24) is 4.90 Å². The summed E-state index contributed by atoms with van der Waals surface area (Å²) in [6.07, 6.45) is 5.57. The Morgan fingerprint density at radius 3 is 2.61 bits per heavy atom. The molecule has 1 fully saturated rings. The largest absolute Gasteiger partial charge is 0.493 e. The van der Waals surface area contributed by atoms with Crippen LogP contribution in [-0.4, -0.2) is 30.3 Å². The van der Waals surface area contributed by atoms with Gasteiger partial charge < -0.3 is 14.4 Å². The summed E-state index contributed by atoms with van der Waals surface area (Å²) < 4.78 is 25.4. The van der Waals surface area contributed by atoms with Crippen molar-refractivity contribution in [2.75, 3.05) is 13.7 Å². The summed E-state index contributed by atoms with van der Waals surface area (Å²) in [5.41, 5.74) is 1.47. The standard InChI is InChI=1S/C24H23BrFNO4/c1-30-22-10-17(20(25)13-23(22)31-14-15-2-3-15)11-24(29)27-9-8-19(28)12-21(27)16-4-6-18(26)7-5-16/h4-10,13,15,21H,2-3,11-12,14H2,1H3/t21-/m0/s1. The monoisotopic (exact) mass is 487 g/mol. The average molecular weight is 488 g/mol. The highest BCUT2D eigenvalue weighted by atomic mass is 79.9. The van der Waals surface area contributed by atoms with E-state index in [9.17, 15) is 14.0 Å². The molecule has 0 spiro atoms. The second kappa shape index (κ2) is 9.22. The summed E-state index contributed by atoms with van der Waals surface area (Å²) in [6.45, 7) is 0.660. The van der Waals surface area contributed by atoms with Gasteiger partial charge in [-0.15, -0.1) is 0 Å². The van der Waals surface area contributed by atoms with Gasteiger partial charge >= 0.3 is 0 Å². The van der Waals surface area contributed by atoms with E-state index in [0.29, 0.717) is 29.6 Å². The Labute approximate surface area is 189 Å². The van der Waals surface area contributed by atoms with E-state index in [0.717, 1.165) is 10.0 Å². The lowest BCUT2D eigenvalue weighted by Gasteiger charge is -2.31. The maximum atomic E-state index is 13.3. The molecule has 7 heteroatoms. The number of ketones is 1. The van der Waals surface area contributed by atoms with Crippen LogP contribution in [0.1, 0.15) is 36.4 Å². The number of amides is 1. The van der Waals surface area contributed by atoms with Crippen molar-refractivity contribution < 1.29 is 23.5 Å². The number of methoxy groups -OCH3 is 1. The van der Waals surface area contributed by atoms with Crippen molar-refractivity contribution in [1.29, 1.82) is 0 Å². The molecule has 1 heterocycles. The van der Waals surface area contributed by atoms with E-state index in [2.05, 4.69) is 15.9 Å². The van der Waals surface area contributed by atoms with Crippen molar-refractivity contribution >= 4 is 27.6 Å². The highest BCUT2D eigenvalue weighted by Gasteiger charge is 2.29. The van der Waals surface area contributed by atoms with Crippen LogP contribution in [0.4, 0.5) is 4.39 Å². The molecule has 4 rings (SSSR count). The third-order valence-corrected chi connectivity index (χ3v) is 6.28. The van der Waals surface area contributed by atoms with Crippen LogP contribution >= 0.6 is 15.9 Å². The zero-order valence-corrected chi connectivity index (χ0v) is 18.7. The first-order valence-electron chi connectivity index (χ1n) is 10.2. The first-order valence-corrected chi connectivity index (χ1v) is 11.0. The molecule has 0 bridgehead atoms. The van der Waals surface area contributed by atoms with E-state index in [1.165, 1.54) is 37.3 Å². The fourth-order valence-corrected chi connectivity index (χ4v) is 4.04. The normalized spacial score (nSPS) is 18.2. The topological polar surface area (TPSA) is 55.8 Å². The Balaban J connectivity index is 1.54. The van der Waals surface area contributed by atoms with Gasteiger partial charge in [0.2, 0.25) is 5.91 Å². The minimum atomic E-state index is -0.465. The van der Waals surface area contributed by atoms with E-state index >= 15 is 0 Å². The first-order chi connectivity index (χ1) is 14.9. The molecule has 0 aromatic heterocycles. The quantitative estimate of drug-likeness (QED) is 0.552. The lowest BCUT2D eigenvalue weighted by Crippen LogP contribution is -2.35. The Morgan fingerprint density at radius 1 is 1.19 bits per heavy atom. The van der Waals surface area contributed by atoms with Gasteiger partial charge in [0.05, 0.1) is 26.2 Å². The Kier molecular flexibility index (Phi) is 6.41. The van der Waals surface area contributed by atoms with Crippen molar-refractivity contribution in [3.8, 4) is 11.5 Å². The molecule has 0 radical (unpaired) electrons. The molecular formula is C24H23BrFNO4. The van der Waals surface area contributed by atoms with Crippen molar-refractivity contribution in [2.45, 2.75) is 31.7 Å². The van der Waals surface area contributed by atoms with Crippen LogP contribution < -0.4 is 9.47 Å². The van der Waals surface area contributed by atoms with Gasteiger partial charge in [-0.3, -0.25) is 9.59 Å². The van der Waals surface area contributed by atoms with Crippen LogP contribution in [0.3, 0.4) is 0 Å². The lowest BCUT2D eigenvalue weighted by molar-refractivity contribution is -0.131. The number of carbonyl (C=O) groups is 2. The highest BCUT2D eigenvalue weighted by Crippen LogP contribution is 2.37. The number of hydrogen-bond donors (Lipinski definition) is 0. The van der Waals surface area contributed by atoms with Crippen molar-refractivity contribution in [2.24, 2.45) is 5.92 Å². The minimum Gasteiger partial charge on any atom is -0.493 e. The van der Waals surface area contributed by atoms with Crippen LogP contribution in [0, 0.1) is 11.7 Å². The van der Waals surface area contributed by atoms with Crippen LogP contribution in [-0.2, 0) is 16.0 Å². The number of benzene rings is 2. The molecule has 2 aliphatic rings. The Morgan fingerprint density at radius 2 is 1.94 bits per heavy atom. The zero-order valence-electron chi connectivity index (χ0n) is 17.1. The number of halogens is 2. The van der Waals surface area contributed by atoms with E-state index in [1.807, 2.05) is 6.07 Å². The van der Waals surface area contributed by atoms with E-state index in [4.69, 9.17) is 9.47 Å². The number of allylic oxidation sites excluding steroid dienone is 1. The number of rotatable bonds is 7. The number of ether oxygens (including phenoxy) is 2. The summed E-state index contributed by atoms with van der Waals surface area (Å²) in [6, 6.07) is 9.06. The average Bonchev–Trinajstić information content (AvgIpc) is 3.58. The summed E-state index contributed by atoms with van der Waals surface area (Å²) in [5, 5.41) is 0. The van der Waals surface area contributed by atoms with Crippen LogP contribution in [0.25, 0.3) is 0 Å². The Hall–Kier alpha value is -2.67. The first kappa shape index (κ1) is 21.6. The molecule has 5 nitrogen and oxygen atoms in total. The van der Waals surface area contributed by atoms with Crippen LogP contribution in [0.15, 0.2) is 53.1 Å². The molecule has 2 aromatic carbocycles. The lowest BCUT2D eigenvalue weighted by atomic mass is 9.96. The molecule has 31 heavy (non-hydrogen) atoms. The second-order valence-corrected chi connectivity index (χ2v) is 8.73. The summed E-state index contributed by atoms with van der Waals surface area (Å²) in [5.74, 6) is 1.23. The molecule has 0 saturated heterocycles. The highest BCUT2D eigenvalue weighted by molar-refractivity contribution is 9.10. The molecule has 1 saturated carbocycles. The summed E-state index contributed by atoms with van der Waals surface area (Å²) in [7, 11) is 1.57. The molecule has 1 amide bonds. The molecule has 162 valence electrons. The molecule has 0 N–H and O–H groups in total. The van der Waals surface area contributed by atoms with Gasteiger partial charge in [0, 0.05) is 17.1 Å². The van der Waals surface area contributed by atoms with Gasteiger partial charge in [-0.05, 0) is 60.2 Å². The molecule has 0 unspecified atom stereocenters. The van der Waals surface area contributed by atoms with Gasteiger partial charge in [-0.2, -0.15) is 0 Å². The fraction of sp³-hybridized carbons (Fsp3) is 0.333. The SMILES string of the molecule is COc1cc(CC(=O)N2C=CC(=O)C[C@H]2c2ccc(F)cc2)c(Br)cc1OCC1CC1. The smallest absolute Gasteiger partial charge is 0.231 e.